The lowest BCUT2D eigenvalue weighted by molar-refractivity contribution is -0.203. The van der Waals surface area contributed by atoms with Crippen molar-refractivity contribution in [2.24, 2.45) is 5.92 Å². The second-order valence-electron chi connectivity index (χ2n) is 6.61. The van der Waals surface area contributed by atoms with Crippen molar-refractivity contribution in [3.8, 4) is 11.1 Å². The monoisotopic (exact) mass is 346 g/mol. The minimum Gasteiger partial charge on any atom is -0.352 e. The van der Waals surface area contributed by atoms with E-state index in [1.807, 2.05) is 6.07 Å². The molecule has 1 fully saturated rings. The van der Waals surface area contributed by atoms with Gasteiger partial charge in [-0.25, -0.2) is 8.78 Å². The number of hydrogen-bond donors (Lipinski definition) is 0. The molecule has 1 aliphatic rings. The zero-order valence-corrected chi connectivity index (χ0v) is 14.5. The van der Waals surface area contributed by atoms with Gasteiger partial charge in [-0.1, -0.05) is 37.6 Å². The summed E-state index contributed by atoms with van der Waals surface area (Å²) >= 11 is 0. The summed E-state index contributed by atoms with van der Waals surface area (Å²) in [5, 5.41) is 0. The Balaban J connectivity index is 1.56. The second kappa shape index (κ2) is 8.54. The topological polar surface area (TPSA) is 18.5 Å². The molecule has 0 spiro atoms. The van der Waals surface area contributed by atoms with E-state index in [0.29, 0.717) is 29.9 Å². The van der Waals surface area contributed by atoms with Crippen LogP contribution in [0.4, 0.5) is 8.78 Å². The summed E-state index contributed by atoms with van der Waals surface area (Å²) < 4.78 is 38.9. The third-order valence-electron chi connectivity index (χ3n) is 4.59. The summed E-state index contributed by atoms with van der Waals surface area (Å²) in [6.45, 7) is 3.66. The van der Waals surface area contributed by atoms with Crippen molar-refractivity contribution in [2.45, 2.75) is 38.9 Å². The molecule has 3 rings (SSSR count). The van der Waals surface area contributed by atoms with E-state index in [9.17, 15) is 8.78 Å². The molecule has 0 saturated carbocycles. The van der Waals surface area contributed by atoms with E-state index in [0.717, 1.165) is 31.6 Å². The van der Waals surface area contributed by atoms with Crippen molar-refractivity contribution >= 4 is 0 Å². The van der Waals surface area contributed by atoms with E-state index in [2.05, 4.69) is 6.92 Å². The van der Waals surface area contributed by atoms with E-state index < -0.39 is 0 Å². The Kier molecular flexibility index (Phi) is 6.16. The summed E-state index contributed by atoms with van der Waals surface area (Å²) in [6, 6.07) is 11.1. The maximum Gasteiger partial charge on any atom is 0.157 e. The van der Waals surface area contributed by atoms with Crippen LogP contribution in [0.3, 0.4) is 0 Å². The van der Waals surface area contributed by atoms with Crippen LogP contribution in [0.15, 0.2) is 42.5 Å². The van der Waals surface area contributed by atoms with Gasteiger partial charge >= 0.3 is 0 Å². The molecule has 0 aromatic heterocycles. The van der Waals surface area contributed by atoms with Crippen molar-refractivity contribution < 1.29 is 18.3 Å². The van der Waals surface area contributed by atoms with E-state index in [4.69, 9.17) is 9.47 Å². The molecule has 2 nitrogen and oxygen atoms in total. The fourth-order valence-electron chi connectivity index (χ4n) is 3.19. The molecule has 25 heavy (non-hydrogen) atoms. The highest BCUT2D eigenvalue weighted by atomic mass is 19.1. The molecule has 1 saturated heterocycles. The van der Waals surface area contributed by atoms with E-state index >= 15 is 0 Å². The van der Waals surface area contributed by atoms with Gasteiger partial charge in [-0.3, -0.25) is 0 Å². The highest BCUT2D eigenvalue weighted by Crippen LogP contribution is 2.25. The van der Waals surface area contributed by atoms with Crippen LogP contribution >= 0.6 is 0 Å². The molecular formula is C21H24F2O2. The highest BCUT2D eigenvalue weighted by molar-refractivity contribution is 5.64. The van der Waals surface area contributed by atoms with Gasteiger partial charge in [0.05, 0.1) is 13.2 Å². The van der Waals surface area contributed by atoms with E-state index in [1.54, 1.807) is 24.3 Å². The Morgan fingerprint density at radius 3 is 2.32 bits per heavy atom. The Morgan fingerprint density at radius 1 is 0.960 bits per heavy atom. The van der Waals surface area contributed by atoms with Gasteiger partial charge in [0.15, 0.2) is 6.29 Å². The normalized spacial score (nSPS) is 20.6. The molecule has 2 aromatic rings. The van der Waals surface area contributed by atoms with Gasteiger partial charge in [-0.2, -0.15) is 0 Å². The molecule has 0 bridgehead atoms. The average Bonchev–Trinajstić information content (AvgIpc) is 2.62. The predicted molar refractivity (Wildman–Crippen MR) is 94.2 cm³/mol. The highest BCUT2D eigenvalue weighted by Gasteiger charge is 2.21. The first-order valence-electron chi connectivity index (χ1n) is 8.93. The lowest BCUT2D eigenvalue weighted by atomic mass is 10.0. The molecule has 1 heterocycles. The zero-order chi connectivity index (χ0) is 17.6. The minimum absolute atomic E-state index is 0.201. The SMILES string of the molecule is CCCC1COC(CCc2ccc(-c3ccc(F)cc3)c(F)c2)OC1. The van der Waals surface area contributed by atoms with E-state index in [1.165, 1.54) is 12.1 Å². The molecule has 0 amide bonds. The molecular weight excluding hydrogens is 322 g/mol. The molecule has 1 aliphatic heterocycles. The number of ether oxygens (including phenoxy) is 2. The summed E-state index contributed by atoms with van der Waals surface area (Å²) in [7, 11) is 0. The quantitative estimate of drug-likeness (QED) is 0.701. The van der Waals surface area contributed by atoms with Crippen LogP contribution in [-0.4, -0.2) is 19.5 Å². The lowest BCUT2D eigenvalue weighted by Gasteiger charge is -2.29. The fraction of sp³-hybridized carbons (Fsp3) is 0.429. The molecule has 134 valence electrons. The van der Waals surface area contributed by atoms with Crippen LogP contribution in [0.25, 0.3) is 11.1 Å². The smallest absolute Gasteiger partial charge is 0.157 e. The first-order chi connectivity index (χ1) is 12.2. The standard InChI is InChI=1S/C21H24F2O2/c1-2-3-16-13-24-21(25-14-16)11-5-15-4-10-19(20(23)12-15)17-6-8-18(22)9-7-17/h4,6-10,12,16,21H,2-3,5,11,13-14H2,1H3. The average molecular weight is 346 g/mol. The Morgan fingerprint density at radius 2 is 1.68 bits per heavy atom. The Bertz CT molecular complexity index is 677. The van der Waals surface area contributed by atoms with Crippen molar-refractivity contribution in [1.29, 1.82) is 0 Å². The van der Waals surface area contributed by atoms with Gasteiger partial charge in [0, 0.05) is 17.9 Å². The van der Waals surface area contributed by atoms with Crippen molar-refractivity contribution in [3.05, 3.63) is 59.7 Å². The van der Waals surface area contributed by atoms with E-state index in [-0.39, 0.29) is 17.9 Å². The van der Waals surface area contributed by atoms with Crippen molar-refractivity contribution in [3.63, 3.8) is 0 Å². The van der Waals surface area contributed by atoms with Gasteiger partial charge < -0.3 is 9.47 Å². The molecule has 0 atom stereocenters. The van der Waals surface area contributed by atoms with Gasteiger partial charge in [-0.05, 0) is 42.2 Å². The van der Waals surface area contributed by atoms with Crippen molar-refractivity contribution in [1.82, 2.24) is 0 Å². The van der Waals surface area contributed by atoms with Gasteiger partial charge in [0.2, 0.25) is 0 Å². The number of halogens is 2. The van der Waals surface area contributed by atoms with Crippen LogP contribution in [0, 0.1) is 17.6 Å². The predicted octanol–water partition coefficient (Wildman–Crippen LogP) is 5.35. The summed E-state index contributed by atoms with van der Waals surface area (Å²) in [6.07, 6.45) is 3.48. The van der Waals surface area contributed by atoms with Gasteiger partial charge in [0.1, 0.15) is 11.6 Å². The van der Waals surface area contributed by atoms with Gasteiger partial charge in [-0.15, -0.1) is 0 Å². The third-order valence-corrected chi connectivity index (χ3v) is 4.59. The van der Waals surface area contributed by atoms with Crippen LogP contribution in [0.5, 0.6) is 0 Å². The third kappa shape index (κ3) is 4.86. The first-order valence-corrected chi connectivity index (χ1v) is 8.93. The number of aryl methyl sites for hydroxylation is 1. The largest absolute Gasteiger partial charge is 0.352 e. The molecule has 0 radical (unpaired) electrons. The molecule has 0 N–H and O–H groups in total. The molecule has 0 unspecified atom stereocenters. The summed E-state index contributed by atoms with van der Waals surface area (Å²) in [4.78, 5) is 0. The Hall–Kier alpha value is -1.78. The van der Waals surface area contributed by atoms with Crippen LogP contribution in [0.2, 0.25) is 0 Å². The molecule has 0 aliphatic carbocycles. The number of benzene rings is 2. The van der Waals surface area contributed by atoms with Crippen LogP contribution < -0.4 is 0 Å². The minimum atomic E-state index is -0.325. The lowest BCUT2D eigenvalue weighted by Crippen LogP contribution is -2.32. The fourth-order valence-corrected chi connectivity index (χ4v) is 3.19. The molecule has 2 aromatic carbocycles. The maximum absolute atomic E-state index is 14.4. The number of rotatable bonds is 6. The molecule has 4 heteroatoms. The maximum atomic E-state index is 14.4. The van der Waals surface area contributed by atoms with Crippen LogP contribution in [-0.2, 0) is 15.9 Å². The second-order valence-corrected chi connectivity index (χ2v) is 6.61. The summed E-state index contributed by atoms with van der Waals surface area (Å²) in [5.74, 6) is -0.124. The van der Waals surface area contributed by atoms with Crippen molar-refractivity contribution in [2.75, 3.05) is 13.2 Å². The number of hydrogen-bond acceptors (Lipinski definition) is 2. The Labute approximate surface area is 147 Å². The first kappa shape index (κ1) is 18.0. The zero-order valence-electron chi connectivity index (χ0n) is 14.5. The van der Waals surface area contributed by atoms with Crippen LogP contribution in [0.1, 0.15) is 31.7 Å². The van der Waals surface area contributed by atoms with Gasteiger partial charge in [0.25, 0.3) is 0 Å². The summed E-state index contributed by atoms with van der Waals surface area (Å²) in [5.41, 5.74) is 2.06.